The summed E-state index contributed by atoms with van der Waals surface area (Å²) in [4.78, 5) is -0.416. The maximum atomic E-state index is 13.2. The van der Waals surface area contributed by atoms with Gasteiger partial charge in [0, 0.05) is 6.07 Å². The molecule has 0 saturated heterocycles. The van der Waals surface area contributed by atoms with Crippen molar-refractivity contribution in [2.45, 2.75) is 35.8 Å². The van der Waals surface area contributed by atoms with Gasteiger partial charge >= 0.3 is 15.6 Å². The molecule has 0 bridgehead atoms. The van der Waals surface area contributed by atoms with Crippen LogP contribution in [0.5, 0.6) is 17.2 Å². The quantitative estimate of drug-likeness (QED) is 0.300. The summed E-state index contributed by atoms with van der Waals surface area (Å²) >= 11 is 0. The van der Waals surface area contributed by atoms with E-state index in [9.17, 15) is 30.0 Å². The lowest BCUT2D eigenvalue weighted by Crippen LogP contribution is -2.28. The van der Waals surface area contributed by atoms with Crippen molar-refractivity contribution < 1.29 is 43.7 Å². The molecular weight excluding hydrogens is 509 g/mol. The van der Waals surface area contributed by atoms with Gasteiger partial charge in [-0.05, 0) is 54.8 Å². The second kappa shape index (κ2) is 9.78. The van der Waals surface area contributed by atoms with Crippen LogP contribution in [-0.2, 0) is 26.6 Å². The number of benzene rings is 3. The van der Waals surface area contributed by atoms with E-state index in [0.717, 1.165) is 17.7 Å². The molecule has 12 heteroatoms. The SMILES string of the molecule is COc1cc(S(=O)(=O)c2cc(C)c(OS(=O)(=O)C(F)(F)F)c(C)c2)ccc1OCc1ccccc1. The fourth-order valence-corrected chi connectivity index (χ4v) is 5.18. The number of methoxy groups -OCH3 is 1. The molecule has 0 N–H and O–H groups in total. The molecule has 0 amide bonds. The number of ether oxygens (including phenoxy) is 2. The molecule has 0 heterocycles. The molecule has 0 radical (unpaired) electrons. The zero-order valence-electron chi connectivity index (χ0n) is 18.8. The maximum absolute atomic E-state index is 13.2. The average Bonchev–Trinajstić information content (AvgIpc) is 2.79. The first-order valence-corrected chi connectivity index (χ1v) is 12.9. The Morgan fingerprint density at radius 3 is 1.94 bits per heavy atom. The Morgan fingerprint density at radius 1 is 0.800 bits per heavy atom. The van der Waals surface area contributed by atoms with Crippen molar-refractivity contribution in [3.05, 3.63) is 77.4 Å². The largest absolute Gasteiger partial charge is 0.534 e. The minimum Gasteiger partial charge on any atom is -0.493 e. The number of sulfone groups is 1. The summed E-state index contributed by atoms with van der Waals surface area (Å²) in [7, 11) is -8.72. The Morgan fingerprint density at radius 2 is 1.40 bits per heavy atom. The van der Waals surface area contributed by atoms with Gasteiger partial charge in [0.1, 0.15) is 12.4 Å². The first-order valence-electron chi connectivity index (χ1n) is 9.98. The van der Waals surface area contributed by atoms with E-state index in [-0.39, 0.29) is 33.3 Å². The van der Waals surface area contributed by atoms with Crippen molar-refractivity contribution in [1.29, 1.82) is 0 Å². The molecule has 0 aliphatic rings. The third kappa shape index (κ3) is 5.70. The van der Waals surface area contributed by atoms with Crippen LogP contribution in [0, 0.1) is 13.8 Å². The van der Waals surface area contributed by atoms with Crippen LogP contribution < -0.4 is 13.7 Å². The lowest BCUT2D eigenvalue weighted by Gasteiger charge is -2.16. The molecule has 35 heavy (non-hydrogen) atoms. The molecule has 0 atom stereocenters. The first-order chi connectivity index (χ1) is 16.3. The fourth-order valence-electron chi connectivity index (χ4n) is 3.16. The molecule has 0 aliphatic heterocycles. The lowest BCUT2D eigenvalue weighted by molar-refractivity contribution is -0.0500. The predicted molar refractivity (Wildman–Crippen MR) is 121 cm³/mol. The molecule has 3 aromatic rings. The van der Waals surface area contributed by atoms with Gasteiger partial charge in [-0.25, -0.2) is 8.42 Å². The first kappa shape index (κ1) is 26.4. The highest BCUT2D eigenvalue weighted by atomic mass is 32.2. The Hall–Kier alpha value is -3.25. The Kier molecular flexibility index (Phi) is 7.37. The van der Waals surface area contributed by atoms with E-state index in [0.29, 0.717) is 5.75 Å². The smallest absolute Gasteiger partial charge is 0.493 e. The molecule has 188 valence electrons. The van der Waals surface area contributed by atoms with E-state index >= 15 is 0 Å². The van der Waals surface area contributed by atoms with Crippen molar-refractivity contribution >= 4 is 20.0 Å². The number of aryl methyl sites for hydroxylation is 2. The highest BCUT2D eigenvalue weighted by Gasteiger charge is 2.49. The van der Waals surface area contributed by atoms with E-state index in [1.165, 1.54) is 39.2 Å². The standard InChI is InChI=1S/C23H21F3O7S2/c1-15-11-19(12-16(2)22(15)33-35(29,30)23(24,25)26)34(27,28)18-9-10-20(21(13-18)31-3)32-14-17-7-5-4-6-8-17/h4-13H,14H2,1-3H3. The summed E-state index contributed by atoms with van der Waals surface area (Å²) in [6, 6.07) is 15.4. The molecule has 3 rings (SSSR count). The van der Waals surface area contributed by atoms with Gasteiger partial charge in [-0.15, -0.1) is 0 Å². The van der Waals surface area contributed by atoms with Crippen LogP contribution in [0.4, 0.5) is 13.2 Å². The summed E-state index contributed by atoms with van der Waals surface area (Å²) in [5, 5.41) is 0. The van der Waals surface area contributed by atoms with Crippen molar-refractivity contribution in [3.8, 4) is 17.2 Å². The van der Waals surface area contributed by atoms with Crippen molar-refractivity contribution in [2.75, 3.05) is 7.11 Å². The Labute approximate surface area is 201 Å². The van der Waals surface area contributed by atoms with Gasteiger partial charge in [0.05, 0.1) is 16.9 Å². The number of halogens is 3. The van der Waals surface area contributed by atoms with Crippen molar-refractivity contribution in [3.63, 3.8) is 0 Å². The molecule has 0 spiro atoms. The lowest BCUT2D eigenvalue weighted by atomic mass is 10.1. The number of hydrogen-bond acceptors (Lipinski definition) is 7. The zero-order valence-corrected chi connectivity index (χ0v) is 20.4. The molecule has 7 nitrogen and oxygen atoms in total. The summed E-state index contributed by atoms with van der Waals surface area (Å²) in [6.07, 6.45) is 0. The van der Waals surface area contributed by atoms with Gasteiger partial charge in [-0.2, -0.15) is 21.6 Å². The molecule has 3 aromatic carbocycles. The van der Waals surface area contributed by atoms with Gasteiger partial charge in [0.15, 0.2) is 11.5 Å². The highest BCUT2D eigenvalue weighted by molar-refractivity contribution is 7.91. The molecule has 0 aromatic heterocycles. The van der Waals surface area contributed by atoms with Crippen LogP contribution in [0.3, 0.4) is 0 Å². The minimum atomic E-state index is -5.92. The summed E-state index contributed by atoms with van der Waals surface area (Å²) in [6.45, 7) is 2.71. The van der Waals surface area contributed by atoms with Gasteiger partial charge in [0.25, 0.3) is 0 Å². The van der Waals surface area contributed by atoms with Crippen LogP contribution >= 0.6 is 0 Å². The predicted octanol–water partition coefficient (Wildman–Crippen LogP) is 4.95. The van der Waals surface area contributed by atoms with Crippen molar-refractivity contribution in [1.82, 2.24) is 0 Å². The van der Waals surface area contributed by atoms with E-state index < -0.39 is 31.2 Å². The van der Waals surface area contributed by atoms with Crippen molar-refractivity contribution in [2.24, 2.45) is 0 Å². The molecular formula is C23H21F3O7S2. The number of rotatable bonds is 8. The van der Waals surface area contributed by atoms with E-state index in [1.807, 2.05) is 30.3 Å². The average molecular weight is 531 g/mol. The fraction of sp³-hybridized carbons (Fsp3) is 0.217. The summed E-state index contributed by atoms with van der Waals surface area (Å²) < 4.78 is 103. The highest BCUT2D eigenvalue weighted by Crippen LogP contribution is 2.36. The number of hydrogen-bond donors (Lipinski definition) is 0. The van der Waals surface area contributed by atoms with Crippen LogP contribution in [0.1, 0.15) is 16.7 Å². The molecule has 0 fully saturated rings. The minimum absolute atomic E-state index is 0.105. The van der Waals surface area contributed by atoms with Crippen LogP contribution in [0.2, 0.25) is 0 Å². The zero-order chi connectivity index (χ0) is 26.0. The van der Waals surface area contributed by atoms with Crippen LogP contribution in [-0.4, -0.2) is 29.5 Å². The van der Waals surface area contributed by atoms with Crippen LogP contribution in [0.15, 0.2) is 70.5 Å². The molecule has 0 saturated carbocycles. The normalized spacial score (nSPS) is 12.3. The third-order valence-corrected chi connectivity index (χ3v) is 7.59. The van der Waals surface area contributed by atoms with E-state index in [2.05, 4.69) is 4.18 Å². The Bertz CT molecular complexity index is 1410. The topological polar surface area (TPSA) is 96.0 Å². The van der Waals surface area contributed by atoms with Crippen LogP contribution in [0.25, 0.3) is 0 Å². The Balaban J connectivity index is 1.92. The van der Waals surface area contributed by atoms with Gasteiger partial charge in [-0.1, -0.05) is 30.3 Å². The summed E-state index contributed by atoms with van der Waals surface area (Å²) in [5.74, 6) is -0.126. The van der Waals surface area contributed by atoms with Gasteiger partial charge in [0.2, 0.25) is 9.84 Å². The van der Waals surface area contributed by atoms with E-state index in [4.69, 9.17) is 9.47 Å². The molecule has 0 aliphatic carbocycles. The van der Waals surface area contributed by atoms with Gasteiger partial charge < -0.3 is 13.7 Å². The second-order valence-corrected chi connectivity index (χ2v) is 10.9. The molecule has 0 unspecified atom stereocenters. The van der Waals surface area contributed by atoms with Gasteiger partial charge in [-0.3, -0.25) is 0 Å². The van der Waals surface area contributed by atoms with E-state index in [1.54, 1.807) is 0 Å². The maximum Gasteiger partial charge on any atom is 0.534 e. The monoisotopic (exact) mass is 530 g/mol. The third-order valence-electron chi connectivity index (χ3n) is 4.90. The number of alkyl halides is 3. The summed E-state index contributed by atoms with van der Waals surface area (Å²) in [5.41, 5.74) is -4.94. The second-order valence-electron chi connectivity index (χ2n) is 7.46.